The van der Waals surface area contributed by atoms with Gasteiger partial charge in [-0.2, -0.15) is 0 Å². The van der Waals surface area contributed by atoms with Crippen molar-refractivity contribution in [2.45, 2.75) is 33.6 Å². The van der Waals surface area contributed by atoms with Gasteiger partial charge in [-0.25, -0.2) is 0 Å². The lowest BCUT2D eigenvalue weighted by Gasteiger charge is -2.34. The zero-order valence-corrected chi connectivity index (χ0v) is 11.8. The molecule has 0 radical (unpaired) electrons. The average Bonchev–Trinajstić information content (AvgIpc) is 2.41. The molecule has 0 aliphatic rings. The van der Waals surface area contributed by atoms with Gasteiger partial charge in [0.25, 0.3) is 0 Å². The Morgan fingerprint density at radius 3 is 2.28 bits per heavy atom. The van der Waals surface area contributed by atoms with E-state index in [1.165, 1.54) is 0 Å². The number of carbonyl (C=O) groups excluding carboxylic acids is 1. The Labute approximate surface area is 109 Å². The first-order valence-corrected chi connectivity index (χ1v) is 6.30. The standard InChI is InChI=1S/C12H25N3O3/c1-5-12(6-2,10(13)14-17)11(16)15(7-3)8-9-18-4/h17H,5-9H2,1-4H3,(H2,13,14). The van der Waals surface area contributed by atoms with Gasteiger partial charge < -0.3 is 20.6 Å². The van der Waals surface area contributed by atoms with Crippen molar-refractivity contribution in [3.8, 4) is 0 Å². The molecule has 0 unspecified atom stereocenters. The normalized spacial score (nSPS) is 12.6. The number of nitrogens with zero attached hydrogens (tertiary/aromatic N) is 2. The summed E-state index contributed by atoms with van der Waals surface area (Å²) in [6.45, 7) is 7.18. The number of amidine groups is 1. The molecule has 0 heterocycles. The van der Waals surface area contributed by atoms with E-state index in [4.69, 9.17) is 15.7 Å². The van der Waals surface area contributed by atoms with Crippen LogP contribution >= 0.6 is 0 Å². The van der Waals surface area contributed by atoms with Crippen LogP contribution in [0.25, 0.3) is 0 Å². The van der Waals surface area contributed by atoms with Crippen LogP contribution in [0.4, 0.5) is 0 Å². The van der Waals surface area contributed by atoms with Crippen molar-refractivity contribution in [2.24, 2.45) is 16.3 Å². The first kappa shape index (κ1) is 16.7. The molecule has 0 bridgehead atoms. The molecule has 0 aromatic carbocycles. The van der Waals surface area contributed by atoms with Crippen LogP contribution in [0.1, 0.15) is 33.6 Å². The van der Waals surface area contributed by atoms with E-state index in [1.807, 2.05) is 20.8 Å². The number of hydrogen-bond acceptors (Lipinski definition) is 4. The van der Waals surface area contributed by atoms with Gasteiger partial charge >= 0.3 is 0 Å². The molecular formula is C12H25N3O3. The molecule has 0 rings (SSSR count). The zero-order valence-electron chi connectivity index (χ0n) is 11.8. The summed E-state index contributed by atoms with van der Waals surface area (Å²) in [4.78, 5) is 14.2. The quantitative estimate of drug-likeness (QED) is 0.295. The van der Waals surface area contributed by atoms with Crippen LogP contribution < -0.4 is 5.73 Å². The number of carbonyl (C=O) groups is 1. The number of hydrogen-bond donors (Lipinski definition) is 2. The molecule has 0 aromatic heterocycles. The molecular weight excluding hydrogens is 234 g/mol. The Morgan fingerprint density at radius 2 is 1.94 bits per heavy atom. The van der Waals surface area contributed by atoms with Crippen molar-refractivity contribution in [1.82, 2.24) is 4.90 Å². The van der Waals surface area contributed by atoms with Crippen molar-refractivity contribution in [3.63, 3.8) is 0 Å². The smallest absolute Gasteiger partial charge is 0.236 e. The predicted molar refractivity (Wildman–Crippen MR) is 70.6 cm³/mol. The summed E-state index contributed by atoms with van der Waals surface area (Å²) in [5.74, 6) is -0.129. The minimum atomic E-state index is -0.918. The van der Waals surface area contributed by atoms with Crippen molar-refractivity contribution < 1.29 is 14.7 Å². The highest BCUT2D eigenvalue weighted by atomic mass is 16.5. The third-order valence-electron chi connectivity index (χ3n) is 3.45. The molecule has 1 amide bonds. The number of ether oxygens (including phenoxy) is 1. The van der Waals surface area contributed by atoms with Crippen molar-refractivity contribution in [1.29, 1.82) is 0 Å². The second-order valence-corrected chi connectivity index (χ2v) is 4.15. The van der Waals surface area contributed by atoms with Gasteiger partial charge in [-0.05, 0) is 19.8 Å². The van der Waals surface area contributed by atoms with Gasteiger partial charge in [0.05, 0.1) is 6.61 Å². The summed E-state index contributed by atoms with van der Waals surface area (Å²) in [7, 11) is 1.59. The van der Waals surface area contributed by atoms with E-state index in [-0.39, 0.29) is 11.7 Å². The summed E-state index contributed by atoms with van der Waals surface area (Å²) < 4.78 is 4.99. The molecule has 0 atom stereocenters. The Bertz CT molecular complexity index is 288. The largest absolute Gasteiger partial charge is 0.409 e. The van der Waals surface area contributed by atoms with Gasteiger partial charge in [0.15, 0.2) is 5.84 Å². The molecule has 6 heteroatoms. The van der Waals surface area contributed by atoms with Gasteiger partial charge in [0, 0.05) is 20.2 Å². The van der Waals surface area contributed by atoms with Crippen LogP contribution in [0.15, 0.2) is 5.16 Å². The van der Waals surface area contributed by atoms with Crippen molar-refractivity contribution in [2.75, 3.05) is 26.8 Å². The van der Waals surface area contributed by atoms with Gasteiger partial charge in [0.1, 0.15) is 5.41 Å². The van der Waals surface area contributed by atoms with E-state index in [2.05, 4.69) is 5.16 Å². The Morgan fingerprint density at radius 1 is 1.39 bits per heavy atom. The highest BCUT2D eigenvalue weighted by molar-refractivity contribution is 6.06. The number of nitrogens with two attached hydrogens (primary N) is 1. The predicted octanol–water partition coefficient (Wildman–Crippen LogP) is 1.03. The van der Waals surface area contributed by atoms with Crippen LogP contribution in [0.5, 0.6) is 0 Å². The van der Waals surface area contributed by atoms with Crippen molar-refractivity contribution in [3.05, 3.63) is 0 Å². The molecule has 18 heavy (non-hydrogen) atoms. The number of amides is 1. The lowest BCUT2D eigenvalue weighted by atomic mass is 9.79. The number of likely N-dealkylation sites (N-methyl/N-ethyl adjacent to an activating group) is 1. The fourth-order valence-corrected chi connectivity index (χ4v) is 2.03. The highest BCUT2D eigenvalue weighted by Crippen LogP contribution is 2.29. The summed E-state index contributed by atoms with van der Waals surface area (Å²) in [5.41, 5.74) is 4.80. The third-order valence-corrected chi connectivity index (χ3v) is 3.45. The highest BCUT2D eigenvalue weighted by Gasteiger charge is 2.42. The van der Waals surface area contributed by atoms with E-state index in [0.29, 0.717) is 32.5 Å². The van der Waals surface area contributed by atoms with Crippen LogP contribution in [0, 0.1) is 5.41 Å². The average molecular weight is 259 g/mol. The van der Waals surface area contributed by atoms with Crippen LogP contribution in [0.3, 0.4) is 0 Å². The van der Waals surface area contributed by atoms with Crippen LogP contribution in [0.2, 0.25) is 0 Å². The second-order valence-electron chi connectivity index (χ2n) is 4.15. The Balaban J connectivity index is 5.17. The molecule has 0 saturated carbocycles. The third kappa shape index (κ3) is 3.35. The summed E-state index contributed by atoms with van der Waals surface area (Å²) >= 11 is 0. The number of methoxy groups -OCH3 is 1. The minimum Gasteiger partial charge on any atom is -0.409 e. The molecule has 0 fully saturated rings. The lowest BCUT2D eigenvalue weighted by Crippen LogP contribution is -2.51. The van der Waals surface area contributed by atoms with E-state index >= 15 is 0 Å². The molecule has 0 aromatic rings. The molecule has 6 nitrogen and oxygen atoms in total. The second kappa shape index (κ2) is 7.92. The molecule has 3 N–H and O–H groups in total. The van der Waals surface area contributed by atoms with Gasteiger partial charge in [-0.15, -0.1) is 0 Å². The van der Waals surface area contributed by atoms with E-state index in [0.717, 1.165) is 0 Å². The van der Waals surface area contributed by atoms with E-state index in [9.17, 15) is 4.79 Å². The fourth-order valence-electron chi connectivity index (χ4n) is 2.03. The molecule has 106 valence electrons. The maximum Gasteiger partial charge on any atom is 0.236 e. The summed E-state index contributed by atoms with van der Waals surface area (Å²) in [6.07, 6.45) is 1.00. The Hall–Kier alpha value is -1.30. The summed E-state index contributed by atoms with van der Waals surface area (Å²) in [6, 6.07) is 0. The molecule has 0 aliphatic carbocycles. The lowest BCUT2D eigenvalue weighted by molar-refractivity contribution is -0.139. The number of rotatable bonds is 8. The van der Waals surface area contributed by atoms with E-state index < -0.39 is 5.41 Å². The minimum absolute atomic E-state index is 0.0200. The van der Waals surface area contributed by atoms with Gasteiger partial charge in [-0.1, -0.05) is 19.0 Å². The maximum absolute atomic E-state index is 12.6. The van der Waals surface area contributed by atoms with E-state index in [1.54, 1.807) is 12.0 Å². The molecule has 0 aliphatic heterocycles. The maximum atomic E-state index is 12.6. The fraction of sp³-hybridized carbons (Fsp3) is 0.833. The Kier molecular flexibility index (Phi) is 7.35. The SMILES string of the molecule is CCN(CCOC)C(=O)C(CC)(CC)C(N)=NO. The summed E-state index contributed by atoms with van der Waals surface area (Å²) in [5, 5.41) is 11.9. The van der Waals surface area contributed by atoms with Gasteiger partial charge in [-0.3, -0.25) is 4.79 Å². The number of oxime groups is 1. The van der Waals surface area contributed by atoms with Crippen molar-refractivity contribution >= 4 is 11.7 Å². The monoisotopic (exact) mass is 259 g/mol. The first-order chi connectivity index (χ1) is 8.53. The zero-order chi connectivity index (χ0) is 14.2. The van der Waals surface area contributed by atoms with Crippen LogP contribution in [-0.2, 0) is 9.53 Å². The van der Waals surface area contributed by atoms with Gasteiger partial charge in [0.2, 0.25) is 5.91 Å². The molecule has 0 saturated heterocycles. The topological polar surface area (TPSA) is 88.2 Å². The first-order valence-electron chi connectivity index (χ1n) is 6.30. The molecule has 0 spiro atoms. The van der Waals surface area contributed by atoms with Crippen LogP contribution in [-0.4, -0.2) is 48.7 Å².